The molecule has 316 valence electrons. The zero-order chi connectivity index (χ0) is 44.2. The molecule has 0 rings (SSSR count). The predicted molar refractivity (Wildman–Crippen MR) is 90.7 cm³/mol. The Morgan fingerprint density at radius 1 is 0.226 bits per heavy atom. The van der Waals surface area contributed by atoms with Crippen LogP contribution in [0.2, 0.25) is 0 Å². The van der Waals surface area contributed by atoms with Gasteiger partial charge in [-0.25, -0.2) is 8.78 Å². The molecule has 0 aliphatic heterocycles. The molecule has 0 amide bonds. The Balaban J connectivity index is 7.71. The highest BCUT2D eigenvalue weighted by molar-refractivity contribution is 5.78. The van der Waals surface area contributed by atoms with Gasteiger partial charge < -0.3 is 0 Å². The molecule has 0 bridgehead atoms. The molecule has 0 unspecified atom stereocenters. The quantitative estimate of drug-likeness (QED) is 0.118. The van der Waals surface area contributed by atoms with Gasteiger partial charge in [0.15, 0.2) is 0 Å². The van der Waals surface area contributed by atoms with Crippen LogP contribution < -0.4 is 0 Å². The second kappa shape index (κ2) is 12.3. The molecule has 35 heteroatoms. The fourth-order valence-corrected chi connectivity index (χ4v) is 2.82. The maximum Gasteiger partial charge on any atom is 0.460 e. The van der Waals surface area contributed by atoms with E-state index < -0.39 is 107 Å². The average Bonchev–Trinajstić information content (AvgIpc) is 2.93. The van der Waals surface area contributed by atoms with Crippen LogP contribution >= 0.6 is 0 Å². The fourth-order valence-electron chi connectivity index (χ4n) is 2.82. The lowest BCUT2D eigenvalue weighted by molar-refractivity contribution is -0.460. The van der Waals surface area contributed by atoms with Gasteiger partial charge in [0, 0.05) is 0 Å². The van der Waals surface area contributed by atoms with E-state index in [-0.39, 0.29) is 0 Å². The number of allylic oxidation sites excluding steroid dienone is 2. The molecule has 0 N–H and O–H groups in total. The van der Waals surface area contributed by atoms with Crippen molar-refractivity contribution in [2.75, 3.05) is 0 Å². The van der Waals surface area contributed by atoms with Gasteiger partial charge in [-0.1, -0.05) is 0 Å². The van der Waals surface area contributed by atoms with E-state index >= 15 is 0 Å². The molecule has 0 aromatic carbocycles. The van der Waals surface area contributed by atoms with E-state index in [0.29, 0.717) is 0 Å². The van der Waals surface area contributed by atoms with Crippen LogP contribution in [0, 0.1) is 0 Å². The first kappa shape index (κ1) is 50.0. The Labute approximate surface area is 262 Å². The summed E-state index contributed by atoms with van der Waals surface area (Å²) in [5, 5.41) is 0. The van der Waals surface area contributed by atoms with Crippen LogP contribution in [0.3, 0.4) is 0 Å². The minimum absolute atomic E-state index is 5.27. The molecule has 0 saturated carbocycles. The van der Waals surface area contributed by atoms with Gasteiger partial charge in [-0.2, -0.15) is 140 Å². The van der Waals surface area contributed by atoms with Gasteiger partial charge in [-0.05, 0) is 0 Å². The van der Waals surface area contributed by atoms with Gasteiger partial charge in [0.2, 0.25) is 11.7 Å². The molecular formula is C18F34O. The number of carbonyl (C=O) groups is 1. The predicted octanol–water partition coefficient (Wildman–Crippen LogP) is 11.1. The lowest BCUT2D eigenvalue weighted by Crippen LogP contribution is -2.74. The van der Waals surface area contributed by atoms with Crippen LogP contribution in [0.1, 0.15) is 0 Å². The first-order chi connectivity index (χ1) is 22.3. The van der Waals surface area contributed by atoms with E-state index in [4.69, 9.17) is 0 Å². The molecule has 0 aliphatic rings. The minimum Gasteiger partial charge on any atom is -0.254 e. The Morgan fingerprint density at radius 3 is 0.547 bits per heavy atom. The molecule has 0 spiro atoms. The third-order valence-corrected chi connectivity index (χ3v) is 6.08. The second-order valence-corrected chi connectivity index (χ2v) is 9.44. The molecular weight excluding hydrogens is 878 g/mol. The summed E-state index contributed by atoms with van der Waals surface area (Å²) >= 11 is 0. The third-order valence-electron chi connectivity index (χ3n) is 6.08. The number of hydrogen-bond donors (Lipinski definition) is 0. The number of carbonyl (C=O) groups excluding carboxylic acids is 1. The van der Waals surface area contributed by atoms with E-state index in [0.717, 1.165) is 0 Å². The molecule has 0 heterocycles. The summed E-state index contributed by atoms with van der Waals surface area (Å²) in [5.74, 6) is -144. The summed E-state index contributed by atoms with van der Waals surface area (Å²) in [6.45, 7) is 0. The first-order valence-corrected chi connectivity index (χ1v) is 10.9. The fraction of sp³-hybridized carbons (Fsp3) is 0.833. The summed E-state index contributed by atoms with van der Waals surface area (Å²) < 4.78 is 451. The Kier molecular flexibility index (Phi) is 11.6. The summed E-state index contributed by atoms with van der Waals surface area (Å²) in [6, 6.07) is -5.27. The number of rotatable bonds is 15. The zero-order valence-electron chi connectivity index (χ0n) is 22.3. The normalized spacial score (nSPS) is 17.2. The molecule has 0 radical (unpaired) electrons. The molecule has 0 aromatic rings. The van der Waals surface area contributed by atoms with Crippen molar-refractivity contribution in [2.24, 2.45) is 0 Å². The van der Waals surface area contributed by atoms with Crippen molar-refractivity contribution >= 4 is 6.04 Å². The molecule has 53 heavy (non-hydrogen) atoms. The van der Waals surface area contributed by atoms with Crippen molar-refractivity contribution in [3.63, 3.8) is 0 Å². The minimum atomic E-state index is -9.78. The summed E-state index contributed by atoms with van der Waals surface area (Å²) in [4.78, 5) is 9.73. The molecule has 0 aromatic heterocycles. The highest BCUT2D eigenvalue weighted by atomic mass is 19.4. The molecule has 0 aliphatic carbocycles. The van der Waals surface area contributed by atoms with Crippen LogP contribution in [-0.2, 0) is 4.79 Å². The average molecular weight is 878 g/mol. The zero-order valence-corrected chi connectivity index (χ0v) is 22.3. The highest BCUT2D eigenvalue weighted by Crippen LogP contribution is 2.67. The van der Waals surface area contributed by atoms with Crippen molar-refractivity contribution in [3.8, 4) is 0 Å². The smallest absolute Gasteiger partial charge is 0.254 e. The third kappa shape index (κ3) is 5.86. The lowest BCUT2D eigenvalue weighted by Gasteiger charge is -2.43. The van der Waals surface area contributed by atoms with Gasteiger partial charge in [0.05, 0.1) is 0 Å². The SMILES string of the molecule is O=C(F)C(F)(F)C(F)(F)C(F)(F)C(F)(F)C(F)(F)C(F)(F)C(F)(F)/C(F)=C(/F)C(F)(F)C(F)(F)C(F)(F)C(F)(F)C(F)(F)C(F)(F)C(F)(F)C(F)(F)F. The van der Waals surface area contributed by atoms with Gasteiger partial charge in [-0.15, -0.1) is 0 Å². The van der Waals surface area contributed by atoms with Crippen molar-refractivity contribution in [1.82, 2.24) is 0 Å². The molecule has 0 atom stereocenters. The van der Waals surface area contributed by atoms with Crippen LogP contribution in [0.4, 0.5) is 149 Å². The summed E-state index contributed by atoms with van der Waals surface area (Å²) in [5.41, 5.74) is 0. The van der Waals surface area contributed by atoms with Crippen LogP contribution in [-0.4, -0.2) is 95.1 Å². The van der Waals surface area contributed by atoms with Gasteiger partial charge >= 0.3 is 95.1 Å². The van der Waals surface area contributed by atoms with Gasteiger partial charge in [0.1, 0.15) is 0 Å². The molecule has 0 fully saturated rings. The lowest BCUT2D eigenvalue weighted by atomic mass is 9.87. The number of hydrogen-bond acceptors (Lipinski definition) is 1. The number of alkyl halides is 31. The van der Waals surface area contributed by atoms with Crippen LogP contribution in [0.25, 0.3) is 0 Å². The van der Waals surface area contributed by atoms with E-state index in [1.807, 2.05) is 0 Å². The number of halogens is 34. The van der Waals surface area contributed by atoms with Gasteiger partial charge in [0.25, 0.3) is 0 Å². The Bertz CT molecular complexity index is 1420. The van der Waals surface area contributed by atoms with Crippen LogP contribution in [0.15, 0.2) is 11.7 Å². The Morgan fingerprint density at radius 2 is 0.377 bits per heavy atom. The van der Waals surface area contributed by atoms with Crippen molar-refractivity contribution in [1.29, 1.82) is 0 Å². The Hall–Kier alpha value is -2.97. The van der Waals surface area contributed by atoms with E-state index in [1.165, 1.54) is 0 Å². The summed E-state index contributed by atoms with van der Waals surface area (Å²) in [7, 11) is 0. The monoisotopic (exact) mass is 878 g/mol. The first-order valence-electron chi connectivity index (χ1n) is 10.9. The van der Waals surface area contributed by atoms with Gasteiger partial charge in [-0.3, -0.25) is 4.79 Å². The maximum absolute atomic E-state index is 13.7. The van der Waals surface area contributed by atoms with Crippen molar-refractivity contribution < 1.29 is 154 Å². The molecule has 0 saturated heterocycles. The highest BCUT2D eigenvalue weighted by Gasteiger charge is 2.97. The van der Waals surface area contributed by atoms with E-state index in [9.17, 15) is 154 Å². The van der Waals surface area contributed by atoms with E-state index in [2.05, 4.69) is 0 Å². The molecule has 1 nitrogen and oxygen atoms in total. The van der Waals surface area contributed by atoms with Crippen molar-refractivity contribution in [3.05, 3.63) is 11.7 Å². The summed E-state index contributed by atoms with van der Waals surface area (Å²) in [6.07, 6.45) is -8.34. The maximum atomic E-state index is 13.7. The topological polar surface area (TPSA) is 17.1 Å². The standard InChI is InChI=1S/C18F34O/c19-1(4(22,23)7(28,29)10(34,35)13(40,41)12(38,39)9(32,33)6(26,27)3(21)53)2(20)5(24,25)8(30,31)11(36,37)14(42,43)15(44,45)16(46,47)17(48,49)18(50,51)52/b2-1-. The van der Waals surface area contributed by atoms with E-state index in [1.54, 1.807) is 0 Å². The largest absolute Gasteiger partial charge is 0.460 e. The van der Waals surface area contributed by atoms with Crippen LogP contribution in [0.5, 0.6) is 0 Å². The second-order valence-electron chi connectivity index (χ2n) is 9.44. The van der Waals surface area contributed by atoms with Crippen molar-refractivity contribution in [2.45, 2.75) is 89.1 Å².